The average molecular weight is 294 g/mol. The second kappa shape index (κ2) is 6.36. The Balaban J connectivity index is 2.13. The number of halogens is 1. The maximum Gasteiger partial charge on any atom is 0.270 e. The monoisotopic (exact) mass is 293 g/mol. The summed E-state index contributed by atoms with van der Waals surface area (Å²) >= 11 is 5.98. The van der Waals surface area contributed by atoms with Gasteiger partial charge in [-0.3, -0.25) is 10.1 Å². The lowest BCUT2D eigenvalue weighted by atomic mass is 10.2. The molecule has 0 saturated carbocycles. The molecule has 0 unspecified atom stereocenters. The predicted molar refractivity (Wildman–Crippen MR) is 74.8 cm³/mol. The van der Waals surface area contributed by atoms with Gasteiger partial charge in [0, 0.05) is 23.3 Å². The van der Waals surface area contributed by atoms with Crippen molar-refractivity contribution in [1.29, 1.82) is 0 Å². The van der Waals surface area contributed by atoms with Crippen molar-refractivity contribution >= 4 is 17.3 Å². The molecular formula is C14H12ClNO4. The fourth-order valence-electron chi connectivity index (χ4n) is 1.70. The van der Waals surface area contributed by atoms with E-state index in [2.05, 4.69) is 0 Å². The molecule has 0 aliphatic carbocycles. The van der Waals surface area contributed by atoms with Crippen LogP contribution < -0.4 is 4.74 Å². The third-order valence-corrected chi connectivity index (χ3v) is 3.13. The summed E-state index contributed by atoms with van der Waals surface area (Å²) in [6, 6.07) is 11.3. The minimum Gasteiger partial charge on any atom is -0.488 e. The van der Waals surface area contributed by atoms with Crippen LogP contribution in [0.5, 0.6) is 5.75 Å². The van der Waals surface area contributed by atoms with E-state index in [-0.39, 0.29) is 23.9 Å². The summed E-state index contributed by atoms with van der Waals surface area (Å²) in [7, 11) is 0. The molecule has 2 aromatic carbocycles. The molecule has 6 heteroatoms. The molecule has 0 aromatic heterocycles. The first-order valence-corrected chi connectivity index (χ1v) is 6.24. The van der Waals surface area contributed by atoms with E-state index >= 15 is 0 Å². The van der Waals surface area contributed by atoms with Crippen LogP contribution in [-0.4, -0.2) is 10.0 Å². The number of benzene rings is 2. The largest absolute Gasteiger partial charge is 0.488 e. The van der Waals surface area contributed by atoms with Crippen LogP contribution in [0.4, 0.5) is 5.69 Å². The molecule has 0 amide bonds. The SMILES string of the molecule is O=[N+]([O-])c1ccc(COc2ccccc2CO)c(Cl)c1. The molecule has 1 N–H and O–H groups in total. The molecule has 5 nitrogen and oxygen atoms in total. The molecule has 0 aliphatic rings. The maximum absolute atomic E-state index is 10.6. The topological polar surface area (TPSA) is 72.6 Å². The van der Waals surface area contributed by atoms with Gasteiger partial charge in [-0.25, -0.2) is 0 Å². The van der Waals surface area contributed by atoms with Gasteiger partial charge in [0.1, 0.15) is 12.4 Å². The zero-order valence-electron chi connectivity index (χ0n) is 10.5. The van der Waals surface area contributed by atoms with Gasteiger partial charge >= 0.3 is 0 Å². The third kappa shape index (κ3) is 3.26. The smallest absolute Gasteiger partial charge is 0.270 e. The lowest BCUT2D eigenvalue weighted by Crippen LogP contribution is -2.00. The average Bonchev–Trinajstić information content (AvgIpc) is 2.46. The molecule has 0 heterocycles. The maximum atomic E-state index is 10.6. The molecule has 104 valence electrons. The lowest BCUT2D eigenvalue weighted by Gasteiger charge is -2.10. The minimum atomic E-state index is -0.502. The van der Waals surface area contributed by atoms with Gasteiger partial charge in [0.25, 0.3) is 5.69 Å². The highest BCUT2D eigenvalue weighted by Crippen LogP contribution is 2.25. The molecule has 0 bridgehead atoms. The number of hydrogen-bond acceptors (Lipinski definition) is 4. The number of ether oxygens (including phenoxy) is 1. The molecule has 0 atom stereocenters. The molecule has 0 saturated heterocycles. The molecular weight excluding hydrogens is 282 g/mol. The van der Waals surface area contributed by atoms with Gasteiger partial charge in [0.15, 0.2) is 0 Å². The Kier molecular flexibility index (Phi) is 4.55. The predicted octanol–water partition coefficient (Wildman–Crippen LogP) is 3.32. The Hall–Kier alpha value is -2.11. The fourth-order valence-corrected chi connectivity index (χ4v) is 1.93. The van der Waals surface area contributed by atoms with Crippen LogP contribution in [0.2, 0.25) is 5.02 Å². The highest BCUT2D eigenvalue weighted by atomic mass is 35.5. The van der Waals surface area contributed by atoms with Gasteiger partial charge in [-0.05, 0) is 12.1 Å². The molecule has 2 aromatic rings. The van der Waals surface area contributed by atoms with E-state index in [9.17, 15) is 15.2 Å². The van der Waals surface area contributed by atoms with E-state index < -0.39 is 4.92 Å². The second-order valence-corrected chi connectivity index (χ2v) is 4.49. The Labute approximate surface area is 120 Å². The van der Waals surface area contributed by atoms with Crippen LogP contribution in [-0.2, 0) is 13.2 Å². The molecule has 0 radical (unpaired) electrons. The van der Waals surface area contributed by atoms with Crippen molar-refractivity contribution in [3.63, 3.8) is 0 Å². The van der Waals surface area contributed by atoms with Crippen LogP contribution in [0.15, 0.2) is 42.5 Å². The number of rotatable bonds is 5. The Bertz CT molecular complexity index is 630. The first-order chi connectivity index (χ1) is 9.61. The van der Waals surface area contributed by atoms with E-state index in [1.165, 1.54) is 12.1 Å². The number of hydrogen-bond donors (Lipinski definition) is 1. The number of nitro groups is 1. The Morgan fingerprint density at radius 3 is 2.60 bits per heavy atom. The Morgan fingerprint density at radius 2 is 1.95 bits per heavy atom. The number of non-ortho nitro benzene ring substituents is 1. The van der Waals surface area contributed by atoms with Crippen molar-refractivity contribution in [2.45, 2.75) is 13.2 Å². The highest BCUT2D eigenvalue weighted by Gasteiger charge is 2.10. The van der Waals surface area contributed by atoms with Crippen molar-refractivity contribution in [1.82, 2.24) is 0 Å². The zero-order chi connectivity index (χ0) is 14.5. The van der Waals surface area contributed by atoms with Gasteiger partial charge in [0.2, 0.25) is 0 Å². The summed E-state index contributed by atoms with van der Waals surface area (Å²) in [6.07, 6.45) is 0. The summed E-state index contributed by atoms with van der Waals surface area (Å²) in [6.45, 7) is 0.0536. The summed E-state index contributed by atoms with van der Waals surface area (Å²) in [5, 5.41) is 20.1. The first kappa shape index (κ1) is 14.3. The standard InChI is InChI=1S/C14H12ClNO4/c15-13-7-12(16(18)19)6-5-11(13)9-20-14-4-2-1-3-10(14)8-17/h1-7,17H,8-9H2. The van der Waals surface area contributed by atoms with Crippen LogP contribution in [0.1, 0.15) is 11.1 Å². The number of aliphatic hydroxyl groups is 1. The highest BCUT2D eigenvalue weighted by molar-refractivity contribution is 6.31. The van der Waals surface area contributed by atoms with E-state index in [1.807, 2.05) is 0 Å². The van der Waals surface area contributed by atoms with Gasteiger partial charge in [0.05, 0.1) is 16.6 Å². The summed E-state index contributed by atoms with van der Waals surface area (Å²) in [5.74, 6) is 0.560. The fraction of sp³-hybridized carbons (Fsp3) is 0.143. The van der Waals surface area contributed by atoms with Gasteiger partial charge in [-0.15, -0.1) is 0 Å². The van der Waals surface area contributed by atoms with E-state index in [4.69, 9.17) is 16.3 Å². The van der Waals surface area contributed by atoms with Crippen molar-refractivity contribution in [2.24, 2.45) is 0 Å². The normalized spacial score (nSPS) is 10.3. The van der Waals surface area contributed by atoms with Gasteiger partial charge in [-0.2, -0.15) is 0 Å². The van der Waals surface area contributed by atoms with Gasteiger partial charge in [-0.1, -0.05) is 29.8 Å². The van der Waals surface area contributed by atoms with Gasteiger partial charge < -0.3 is 9.84 Å². The number of nitro benzene ring substituents is 1. The van der Waals surface area contributed by atoms with Crippen molar-refractivity contribution in [3.05, 3.63) is 68.7 Å². The van der Waals surface area contributed by atoms with Crippen molar-refractivity contribution in [3.8, 4) is 5.75 Å². The van der Waals surface area contributed by atoms with Crippen LogP contribution in [0, 0.1) is 10.1 Å². The number of para-hydroxylation sites is 1. The molecule has 0 aliphatic heterocycles. The van der Waals surface area contributed by atoms with Crippen molar-refractivity contribution < 1.29 is 14.8 Å². The van der Waals surface area contributed by atoms with Crippen molar-refractivity contribution in [2.75, 3.05) is 0 Å². The van der Waals surface area contributed by atoms with E-state index in [0.29, 0.717) is 16.9 Å². The molecule has 0 fully saturated rings. The Morgan fingerprint density at radius 1 is 1.20 bits per heavy atom. The van der Waals surface area contributed by atoms with Crippen LogP contribution in [0.25, 0.3) is 0 Å². The lowest BCUT2D eigenvalue weighted by molar-refractivity contribution is -0.384. The summed E-state index contributed by atoms with van der Waals surface area (Å²) in [5.41, 5.74) is 1.25. The van der Waals surface area contributed by atoms with Crippen LogP contribution >= 0.6 is 11.6 Å². The molecule has 20 heavy (non-hydrogen) atoms. The third-order valence-electron chi connectivity index (χ3n) is 2.77. The molecule has 0 spiro atoms. The zero-order valence-corrected chi connectivity index (χ0v) is 11.2. The number of aliphatic hydroxyl groups excluding tert-OH is 1. The van der Waals surface area contributed by atoms with E-state index in [0.717, 1.165) is 0 Å². The second-order valence-electron chi connectivity index (χ2n) is 4.09. The quantitative estimate of drug-likeness (QED) is 0.678. The first-order valence-electron chi connectivity index (χ1n) is 5.86. The molecule has 2 rings (SSSR count). The minimum absolute atomic E-state index is 0.0606. The van der Waals surface area contributed by atoms with Crippen LogP contribution in [0.3, 0.4) is 0 Å². The summed E-state index contributed by atoms with van der Waals surface area (Å²) in [4.78, 5) is 10.1. The number of nitrogens with zero attached hydrogens (tertiary/aromatic N) is 1. The summed E-state index contributed by atoms with van der Waals surface area (Å²) < 4.78 is 5.58. The van der Waals surface area contributed by atoms with E-state index in [1.54, 1.807) is 30.3 Å².